The van der Waals surface area contributed by atoms with Crippen molar-refractivity contribution in [2.24, 2.45) is 0 Å². The zero-order valence-electron chi connectivity index (χ0n) is 9.25. The van der Waals surface area contributed by atoms with Crippen LogP contribution in [0.15, 0.2) is 0 Å². The van der Waals surface area contributed by atoms with Crippen molar-refractivity contribution in [1.29, 1.82) is 0 Å². The van der Waals surface area contributed by atoms with Crippen molar-refractivity contribution < 1.29 is 8.42 Å². The first kappa shape index (κ1) is 14.3. The van der Waals surface area contributed by atoms with Crippen LogP contribution in [0, 0.1) is 0 Å². The molecule has 0 radical (unpaired) electrons. The molecule has 0 aliphatic heterocycles. The zero-order valence-corrected chi connectivity index (χ0v) is 10.9. The van der Waals surface area contributed by atoms with Crippen LogP contribution in [0.2, 0.25) is 0 Å². The summed E-state index contributed by atoms with van der Waals surface area (Å²) in [6.45, 7) is 5.06. The van der Waals surface area contributed by atoms with Gasteiger partial charge in [-0.1, -0.05) is 6.92 Å². The summed E-state index contributed by atoms with van der Waals surface area (Å²) in [7, 11) is -2.78. The van der Waals surface area contributed by atoms with Gasteiger partial charge in [-0.3, -0.25) is 0 Å². The molecule has 0 saturated carbocycles. The van der Waals surface area contributed by atoms with E-state index in [1.165, 1.54) is 6.26 Å². The molecular weight excluding hydrogens is 218 g/mol. The Labute approximate surface area is 92.0 Å². The summed E-state index contributed by atoms with van der Waals surface area (Å²) in [6, 6.07) is 0.472. The Morgan fingerprint density at radius 2 is 2.07 bits per heavy atom. The van der Waals surface area contributed by atoms with E-state index in [9.17, 15) is 8.42 Å². The van der Waals surface area contributed by atoms with E-state index in [0.717, 1.165) is 18.1 Å². The van der Waals surface area contributed by atoms with Gasteiger partial charge in [0.2, 0.25) is 0 Å². The highest BCUT2D eigenvalue weighted by Gasteiger charge is 2.03. The average molecular weight is 239 g/mol. The first-order valence-corrected chi connectivity index (χ1v) is 8.16. The van der Waals surface area contributed by atoms with Crippen molar-refractivity contribution in [3.8, 4) is 0 Å². The smallest absolute Gasteiger partial charge is 0.147 e. The number of rotatable bonds is 8. The summed E-state index contributed by atoms with van der Waals surface area (Å²) in [6.07, 6.45) is 1.99. The molecule has 0 aromatic heterocycles. The van der Waals surface area contributed by atoms with Crippen molar-refractivity contribution in [2.75, 3.05) is 30.1 Å². The molecule has 0 aliphatic carbocycles. The van der Waals surface area contributed by atoms with Crippen LogP contribution in [0.4, 0.5) is 0 Å². The molecule has 3 nitrogen and oxygen atoms in total. The zero-order chi connectivity index (χ0) is 11.0. The van der Waals surface area contributed by atoms with E-state index < -0.39 is 9.84 Å². The van der Waals surface area contributed by atoms with Crippen LogP contribution in [-0.2, 0) is 9.84 Å². The molecule has 1 unspecified atom stereocenters. The van der Waals surface area contributed by atoms with Gasteiger partial charge in [-0.05, 0) is 25.6 Å². The molecule has 86 valence electrons. The molecule has 0 aromatic rings. The molecule has 14 heavy (non-hydrogen) atoms. The summed E-state index contributed by atoms with van der Waals surface area (Å²) >= 11 is 1.90. The molecule has 0 bridgehead atoms. The first-order valence-electron chi connectivity index (χ1n) is 4.94. The van der Waals surface area contributed by atoms with E-state index in [1.54, 1.807) is 0 Å². The van der Waals surface area contributed by atoms with Gasteiger partial charge in [0.05, 0.1) is 5.75 Å². The minimum atomic E-state index is -2.78. The van der Waals surface area contributed by atoms with Gasteiger partial charge >= 0.3 is 0 Å². The maximum atomic E-state index is 10.8. The van der Waals surface area contributed by atoms with Gasteiger partial charge in [-0.15, -0.1) is 0 Å². The third-order valence-corrected chi connectivity index (χ3v) is 3.93. The molecule has 1 N–H and O–H groups in total. The number of nitrogens with one attached hydrogen (secondary N) is 1. The Morgan fingerprint density at radius 1 is 1.43 bits per heavy atom. The van der Waals surface area contributed by atoms with Gasteiger partial charge in [-0.25, -0.2) is 8.42 Å². The monoisotopic (exact) mass is 239 g/mol. The highest BCUT2D eigenvalue weighted by Crippen LogP contribution is 2.01. The molecule has 0 fully saturated rings. The molecule has 0 spiro atoms. The van der Waals surface area contributed by atoms with Crippen LogP contribution in [0.25, 0.3) is 0 Å². The summed E-state index contributed by atoms with van der Waals surface area (Å²) in [5.74, 6) is 2.51. The van der Waals surface area contributed by atoms with Crippen LogP contribution >= 0.6 is 11.8 Å². The predicted octanol–water partition coefficient (Wildman–Crippen LogP) is 1.15. The lowest BCUT2D eigenvalue weighted by Crippen LogP contribution is -2.30. The maximum absolute atomic E-state index is 10.8. The van der Waals surface area contributed by atoms with E-state index in [0.29, 0.717) is 12.5 Å². The number of hydrogen-bond acceptors (Lipinski definition) is 4. The van der Waals surface area contributed by atoms with Gasteiger partial charge in [0.15, 0.2) is 0 Å². The van der Waals surface area contributed by atoms with Crippen LogP contribution < -0.4 is 5.32 Å². The van der Waals surface area contributed by atoms with Crippen LogP contribution in [0.1, 0.15) is 20.3 Å². The molecular formula is C9H21NO2S2. The quantitative estimate of drug-likeness (QED) is 0.646. The molecule has 0 amide bonds. The number of hydrogen-bond donors (Lipinski definition) is 1. The van der Waals surface area contributed by atoms with Crippen molar-refractivity contribution in [3.05, 3.63) is 0 Å². The number of sulfone groups is 1. The Balaban J connectivity index is 3.36. The Kier molecular flexibility index (Phi) is 7.68. The summed E-state index contributed by atoms with van der Waals surface area (Å²) in [4.78, 5) is 0. The summed E-state index contributed by atoms with van der Waals surface area (Å²) in [5.41, 5.74) is 0. The minimum absolute atomic E-state index is 0.285. The van der Waals surface area contributed by atoms with Crippen LogP contribution in [0.3, 0.4) is 0 Å². The van der Waals surface area contributed by atoms with Crippen LogP contribution in [0.5, 0.6) is 0 Å². The third kappa shape index (κ3) is 10.3. The van der Waals surface area contributed by atoms with Crippen molar-refractivity contribution in [1.82, 2.24) is 5.32 Å². The topological polar surface area (TPSA) is 46.2 Å². The minimum Gasteiger partial charge on any atom is -0.313 e. The Hall–Kier alpha value is 0.260. The van der Waals surface area contributed by atoms with Gasteiger partial charge in [0.25, 0.3) is 0 Å². The lowest BCUT2D eigenvalue weighted by molar-refractivity contribution is 0.575. The largest absolute Gasteiger partial charge is 0.313 e. The molecule has 0 aromatic carbocycles. The van der Waals surface area contributed by atoms with E-state index in [-0.39, 0.29) is 5.75 Å². The summed E-state index contributed by atoms with van der Waals surface area (Å²) in [5, 5.41) is 3.30. The van der Waals surface area contributed by atoms with E-state index >= 15 is 0 Å². The second kappa shape index (κ2) is 7.54. The van der Waals surface area contributed by atoms with E-state index in [4.69, 9.17) is 0 Å². The molecule has 5 heteroatoms. The predicted molar refractivity (Wildman–Crippen MR) is 64.8 cm³/mol. The normalized spacial score (nSPS) is 14.2. The SMILES string of the molecule is CCSCC(C)NCCCS(C)(=O)=O. The number of thioether (sulfide) groups is 1. The fourth-order valence-corrected chi connectivity index (χ4v) is 2.41. The molecule has 1 atom stereocenters. The van der Waals surface area contributed by atoms with Gasteiger partial charge < -0.3 is 5.32 Å². The fourth-order valence-electron chi connectivity index (χ4n) is 1.04. The molecule has 0 saturated heterocycles. The highest BCUT2D eigenvalue weighted by atomic mass is 32.2. The Morgan fingerprint density at radius 3 is 2.57 bits per heavy atom. The molecule has 0 rings (SSSR count). The van der Waals surface area contributed by atoms with Crippen molar-refractivity contribution in [2.45, 2.75) is 26.3 Å². The lowest BCUT2D eigenvalue weighted by Gasteiger charge is -2.12. The second-order valence-corrected chi connectivity index (χ2v) is 7.08. The van der Waals surface area contributed by atoms with Gasteiger partial charge in [0, 0.05) is 18.1 Å². The third-order valence-electron chi connectivity index (χ3n) is 1.76. The van der Waals surface area contributed by atoms with Gasteiger partial charge in [-0.2, -0.15) is 11.8 Å². The standard InChI is InChI=1S/C9H21NO2S2/c1-4-13-8-9(2)10-6-5-7-14(3,11)12/h9-10H,4-8H2,1-3H3. The maximum Gasteiger partial charge on any atom is 0.147 e. The van der Waals surface area contributed by atoms with E-state index in [2.05, 4.69) is 19.2 Å². The lowest BCUT2D eigenvalue weighted by atomic mass is 10.3. The van der Waals surface area contributed by atoms with Crippen molar-refractivity contribution in [3.63, 3.8) is 0 Å². The van der Waals surface area contributed by atoms with Gasteiger partial charge in [0.1, 0.15) is 9.84 Å². The average Bonchev–Trinajstić information content (AvgIpc) is 2.07. The van der Waals surface area contributed by atoms with Crippen LogP contribution in [-0.4, -0.2) is 44.5 Å². The Bertz CT molecular complexity index is 227. The molecule has 0 heterocycles. The van der Waals surface area contributed by atoms with E-state index in [1.807, 2.05) is 11.8 Å². The molecule has 0 aliphatic rings. The first-order chi connectivity index (χ1) is 6.45. The fraction of sp³-hybridized carbons (Fsp3) is 1.00. The highest BCUT2D eigenvalue weighted by molar-refractivity contribution is 7.99. The summed E-state index contributed by atoms with van der Waals surface area (Å²) < 4.78 is 21.6. The van der Waals surface area contributed by atoms with Crippen molar-refractivity contribution >= 4 is 21.6 Å². The second-order valence-electron chi connectivity index (χ2n) is 3.50.